The lowest BCUT2D eigenvalue weighted by Crippen LogP contribution is -2.41. The summed E-state index contributed by atoms with van der Waals surface area (Å²) in [5.74, 6) is 0.988. The average molecular weight is 375 g/mol. The number of nitrogen functional groups attached to an aromatic ring is 1. The van der Waals surface area contributed by atoms with Gasteiger partial charge in [-0.3, -0.25) is 4.57 Å². The Morgan fingerprint density at radius 1 is 1.29 bits per heavy atom. The molecule has 9 heteroatoms. The summed E-state index contributed by atoms with van der Waals surface area (Å²) in [5.41, 5.74) is 6.98. The SMILES string of the molecule is C[Si](C)(C)CCOCn1c(CCN2CCS(=O)(=O)CC2)cnc1N. The maximum Gasteiger partial charge on any atom is 0.202 e. The van der Waals surface area contributed by atoms with Crippen molar-refractivity contribution in [3.63, 3.8) is 0 Å². The first kappa shape index (κ1) is 19.4. The Bertz CT molecular complexity index is 626. The summed E-state index contributed by atoms with van der Waals surface area (Å²) in [6, 6.07) is 1.12. The van der Waals surface area contributed by atoms with Crippen LogP contribution in [0, 0.1) is 0 Å². The molecule has 1 aliphatic rings. The van der Waals surface area contributed by atoms with Gasteiger partial charge in [0.05, 0.1) is 17.7 Å². The Kier molecular flexibility index (Phi) is 6.46. The van der Waals surface area contributed by atoms with Crippen molar-refractivity contribution in [1.82, 2.24) is 14.5 Å². The quantitative estimate of drug-likeness (QED) is 0.540. The lowest BCUT2D eigenvalue weighted by Gasteiger charge is -2.26. The topological polar surface area (TPSA) is 90.5 Å². The van der Waals surface area contributed by atoms with Crippen molar-refractivity contribution in [1.29, 1.82) is 0 Å². The molecule has 0 radical (unpaired) electrons. The summed E-state index contributed by atoms with van der Waals surface area (Å²) in [6.45, 7) is 10.2. The van der Waals surface area contributed by atoms with Crippen LogP contribution in [0.2, 0.25) is 25.7 Å². The molecule has 0 atom stereocenters. The summed E-state index contributed by atoms with van der Waals surface area (Å²) < 4.78 is 30.6. The van der Waals surface area contributed by atoms with E-state index in [1.165, 1.54) is 0 Å². The van der Waals surface area contributed by atoms with Crippen LogP contribution >= 0.6 is 0 Å². The Labute approximate surface area is 146 Å². The van der Waals surface area contributed by atoms with E-state index in [0.29, 0.717) is 25.8 Å². The second kappa shape index (κ2) is 7.98. The van der Waals surface area contributed by atoms with Crippen LogP contribution in [0.5, 0.6) is 0 Å². The fourth-order valence-corrected chi connectivity index (χ4v) is 4.59. The van der Waals surface area contributed by atoms with Gasteiger partial charge in [0, 0.05) is 46.4 Å². The second-order valence-corrected chi connectivity index (χ2v) is 15.6. The van der Waals surface area contributed by atoms with Gasteiger partial charge in [0.25, 0.3) is 0 Å². The minimum absolute atomic E-state index is 0.258. The standard InChI is InChI=1S/C15H30N4O3SSi/c1-24(2,3)11-8-22-13-19-14(12-17-15(19)16)4-5-18-6-9-23(20,21)10-7-18/h12H,4-11,13H2,1-3H3,(H2,16,17). The zero-order valence-electron chi connectivity index (χ0n) is 15.0. The third-order valence-electron chi connectivity index (χ3n) is 4.31. The smallest absolute Gasteiger partial charge is 0.202 e. The number of nitrogens with two attached hydrogens (primary N) is 1. The number of sulfone groups is 1. The number of ether oxygens (including phenoxy) is 1. The van der Waals surface area contributed by atoms with Gasteiger partial charge in [-0.25, -0.2) is 13.4 Å². The summed E-state index contributed by atoms with van der Waals surface area (Å²) in [4.78, 5) is 6.37. The van der Waals surface area contributed by atoms with E-state index in [9.17, 15) is 8.42 Å². The number of hydrogen-bond donors (Lipinski definition) is 1. The van der Waals surface area contributed by atoms with E-state index < -0.39 is 17.9 Å². The largest absolute Gasteiger partial charge is 0.369 e. The molecule has 0 unspecified atom stereocenters. The van der Waals surface area contributed by atoms with E-state index in [1.807, 2.05) is 4.57 Å². The molecule has 0 saturated carbocycles. The Morgan fingerprint density at radius 3 is 2.58 bits per heavy atom. The van der Waals surface area contributed by atoms with Crippen molar-refractivity contribution in [3.05, 3.63) is 11.9 Å². The molecule has 24 heavy (non-hydrogen) atoms. The van der Waals surface area contributed by atoms with Crippen LogP contribution < -0.4 is 5.73 Å². The number of imidazole rings is 1. The van der Waals surface area contributed by atoms with Crippen LogP contribution in [0.3, 0.4) is 0 Å². The van der Waals surface area contributed by atoms with Crippen LogP contribution in [-0.2, 0) is 27.7 Å². The summed E-state index contributed by atoms with van der Waals surface area (Å²) in [7, 11) is -3.92. The maximum atomic E-state index is 11.5. The van der Waals surface area contributed by atoms with Crippen LogP contribution in [-0.4, -0.2) is 68.7 Å². The molecule has 138 valence electrons. The number of hydrogen-bond acceptors (Lipinski definition) is 6. The molecule has 0 aromatic carbocycles. The number of anilines is 1. The maximum absolute atomic E-state index is 11.5. The first-order valence-electron chi connectivity index (χ1n) is 8.47. The molecule has 2 heterocycles. The Morgan fingerprint density at radius 2 is 1.96 bits per heavy atom. The van der Waals surface area contributed by atoms with Gasteiger partial charge in [0.1, 0.15) is 6.73 Å². The summed E-state index contributed by atoms with van der Waals surface area (Å²) >= 11 is 0. The lowest BCUT2D eigenvalue weighted by atomic mass is 10.3. The number of aromatic nitrogens is 2. The van der Waals surface area contributed by atoms with E-state index in [0.717, 1.165) is 31.3 Å². The van der Waals surface area contributed by atoms with Crippen molar-refractivity contribution in [2.45, 2.75) is 38.8 Å². The summed E-state index contributed by atoms with van der Waals surface area (Å²) in [6.07, 6.45) is 2.58. The molecule has 0 aliphatic carbocycles. The third-order valence-corrected chi connectivity index (χ3v) is 7.62. The summed E-state index contributed by atoms with van der Waals surface area (Å²) in [5, 5.41) is 0. The van der Waals surface area contributed by atoms with Crippen molar-refractivity contribution < 1.29 is 13.2 Å². The molecule has 7 nitrogen and oxygen atoms in total. The third kappa shape index (κ3) is 6.19. The molecular weight excluding hydrogens is 344 g/mol. The Balaban J connectivity index is 1.81. The highest BCUT2D eigenvalue weighted by molar-refractivity contribution is 7.91. The molecule has 2 rings (SSSR count). The minimum Gasteiger partial charge on any atom is -0.369 e. The van der Waals surface area contributed by atoms with Crippen molar-refractivity contribution in [3.8, 4) is 0 Å². The lowest BCUT2D eigenvalue weighted by molar-refractivity contribution is 0.0865. The predicted octanol–water partition coefficient (Wildman–Crippen LogP) is 1.05. The molecule has 0 bridgehead atoms. The zero-order valence-corrected chi connectivity index (χ0v) is 16.8. The van der Waals surface area contributed by atoms with Crippen LogP contribution in [0.25, 0.3) is 0 Å². The van der Waals surface area contributed by atoms with Gasteiger partial charge in [0.15, 0.2) is 9.84 Å². The molecule has 1 aliphatic heterocycles. The average Bonchev–Trinajstić information content (AvgIpc) is 2.82. The van der Waals surface area contributed by atoms with Gasteiger partial charge in [-0.2, -0.15) is 0 Å². The predicted molar refractivity (Wildman–Crippen MR) is 99.5 cm³/mol. The molecular formula is C15H30N4O3SSi. The van der Waals surface area contributed by atoms with Crippen molar-refractivity contribution in [2.75, 3.05) is 43.5 Å². The molecule has 1 saturated heterocycles. The van der Waals surface area contributed by atoms with Crippen LogP contribution in [0.15, 0.2) is 6.20 Å². The van der Waals surface area contributed by atoms with Gasteiger partial charge < -0.3 is 15.4 Å². The zero-order chi connectivity index (χ0) is 17.8. The molecule has 1 aromatic rings. The first-order valence-corrected chi connectivity index (χ1v) is 14.0. The van der Waals surface area contributed by atoms with E-state index in [-0.39, 0.29) is 11.5 Å². The van der Waals surface area contributed by atoms with Crippen LogP contribution in [0.1, 0.15) is 5.69 Å². The van der Waals surface area contributed by atoms with Gasteiger partial charge in [-0.1, -0.05) is 19.6 Å². The molecule has 0 spiro atoms. The molecule has 1 fully saturated rings. The highest BCUT2D eigenvalue weighted by Gasteiger charge is 2.21. The first-order chi connectivity index (χ1) is 11.2. The monoisotopic (exact) mass is 374 g/mol. The Hall–Kier alpha value is -0.903. The highest BCUT2D eigenvalue weighted by Crippen LogP contribution is 2.12. The van der Waals surface area contributed by atoms with Crippen molar-refractivity contribution in [2.24, 2.45) is 0 Å². The van der Waals surface area contributed by atoms with E-state index in [2.05, 4.69) is 29.5 Å². The van der Waals surface area contributed by atoms with Gasteiger partial charge >= 0.3 is 0 Å². The van der Waals surface area contributed by atoms with E-state index in [4.69, 9.17) is 10.5 Å². The van der Waals surface area contributed by atoms with Gasteiger partial charge in [-0.15, -0.1) is 0 Å². The second-order valence-electron chi connectivity index (χ2n) is 7.63. The highest BCUT2D eigenvalue weighted by atomic mass is 32.2. The van der Waals surface area contributed by atoms with Crippen molar-refractivity contribution >= 4 is 23.9 Å². The van der Waals surface area contributed by atoms with Gasteiger partial charge in [0.2, 0.25) is 5.95 Å². The molecule has 1 aromatic heterocycles. The normalized spacial score (nSPS) is 18.8. The fourth-order valence-electron chi connectivity index (χ4n) is 2.56. The van der Waals surface area contributed by atoms with Gasteiger partial charge in [-0.05, 0) is 6.04 Å². The van der Waals surface area contributed by atoms with E-state index in [1.54, 1.807) is 6.20 Å². The molecule has 2 N–H and O–H groups in total. The minimum atomic E-state index is -2.83. The fraction of sp³-hybridized carbons (Fsp3) is 0.800. The molecule has 0 amide bonds. The van der Waals surface area contributed by atoms with Crippen LogP contribution in [0.4, 0.5) is 5.95 Å². The number of rotatable bonds is 8. The van der Waals surface area contributed by atoms with E-state index >= 15 is 0 Å². The number of nitrogens with zero attached hydrogens (tertiary/aromatic N) is 3.